The molecule has 0 fully saturated rings. The number of hydrogen-bond acceptors (Lipinski definition) is 5. The van der Waals surface area contributed by atoms with Crippen LogP contribution in [0.4, 0.5) is 0 Å². The lowest BCUT2D eigenvalue weighted by Gasteiger charge is -2.00. The molecule has 0 unspecified atom stereocenters. The fourth-order valence-corrected chi connectivity index (χ4v) is 2.78. The highest BCUT2D eigenvalue weighted by Gasteiger charge is 2.12. The van der Waals surface area contributed by atoms with Crippen molar-refractivity contribution in [3.63, 3.8) is 0 Å². The van der Waals surface area contributed by atoms with Gasteiger partial charge in [0.2, 0.25) is 0 Å². The Labute approximate surface area is 132 Å². The fraction of sp³-hybridized carbons (Fsp3) is 0.462. The summed E-state index contributed by atoms with van der Waals surface area (Å²) < 4.78 is 24.8. The number of unbranched alkanes of at least 4 members (excludes halogenated alkanes) is 3. The first-order valence-corrected chi connectivity index (χ1v) is 9.32. The minimum atomic E-state index is -3.78. The van der Waals surface area contributed by atoms with Gasteiger partial charge in [-0.25, -0.2) is 13.2 Å². The Hall–Kier alpha value is -1.67. The van der Waals surface area contributed by atoms with E-state index in [2.05, 4.69) is 17.4 Å². The fourth-order valence-electron chi connectivity index (χ4n) is 2.01. The molecular weight excluding hydrogens is 328 g/mol. The molecule has 0 radical (unpaired) electrons. The number of benzene rings is 1. The first-order valence-electron chi connectivity index (χ1n) is 7.01. The zero-order valence-corrected chi connectivity index (χ0v) is 13.7. The van der Waals surface area contributed by atoms with Crippen molar-refractivity contribution in [2.45, 2.75) is 44.0 Å². The van der Waals surface area contributed by atoms with E-state index in [4.69, 9.17) is 10.7 Å². The number of hydrogen-bond donors (Lipinski definition) is 0. The third-order valence-corrected chi connectivity index (χ3v) is 4.60. The van der Waals surface area contributed by atoms with Gasteiger partial charge >= 0.3 is 5.69 Å². The normalized spacial score (nSPS) is 11.7. The molecule has 0 aliphatic heterocycles. The van der Waals surface area contributed by atoms with E-state index in [-0.39, 0.29) is 10.6 Å². The summed E-state index contributed by atoms with van der Waals surface area (Å²) in [6, 6.07) is 5.58. The molecule has 0 saturated carbocycles. The summed E-state index contributed by atoms with van der Waals surface area (Å²) in [5, 5.41) is 7.65. The molecule has 22 heavy (non-hydrogen) atoms. The number of aryl methyl sites for hydroxylation is 1. The van der Waals surface area contributed by atoms with Crippen molar-refractivity contribution in [3.8, 4) is 5.69 Å². The summed E-state index contributed by atoms with van der Waals surface area (Å²) >= 11 is 0. The second-order valence-electron chi connectivity index (χ2n) is 4.89. The standard InChI is InChI=1S/C13H17ClN4O3S/c1-2-3-4-5-10-17-13(19)18(16-15-17)11-6-8-12(9-7-11)22(14,20)21/h6-9H,2-5,10H2,1H3. The highest BCUT2D eigenvalue weighted by molar-refractivity contribution is 8.13. The predicted octanol–water partition coefficient (Wildman–Crippen LogP) is 1.94. The number of nitrogens with zero attached hydrogens (tertiary/aromatic N) is 4. The maximum absolute atomic E-state index is 12.2. The van der Waals surface area contributed by atoms with Crippen LogP contribution in [0.1, 0.15) is 32.6 Å². The number of aromatic nitrogens is 4. The highest BCUT2D eigenvalue weighted by Crippen LogP contribution is 2.16. The number of halogens is 1. The Bertz CT molecular complexity index is 780. The van der Waals surface area contributed by atoms with Gasteiger partial charge in [0.15, 0.2) is 0 Å². The predicted molar refractivity (Wildman–Crippen MR) is 82.8 cm³/mol. The molecule has 2 rings (SSSR count). The van der Waals surface area contributed by atoms with Crippen LogP contribution in [-0.2, 0) is 15.6 Å². The maximum Gasteiger partial charge on any atom is 0.368 e. The number of rotatable bonds is 7. The number of tetrazole rings is 1. The molecule has 1 aromatic heterocycles. The zero-order chi connectivity index (χ0) is 16.2. The van der Waals surface area contributed by atoms with Gasteiger partial charge in [-0.3, -0.25) is 0 Å². The van der Waals surface area contributed by atoms with Gasteiger partial charge < -0.3 is 0 Å². The van der Waals surface area contributed by atoms with Gasteiger partial charge in [0.25, 0.3) is 9.05 Å². The van der Waals surface area contributed by atoms with Crippen LogP contribution >= 0.6 is 10.7 Å². The van der Waals surface area contributed by atoms with Crippen molar-refractivity contribution < 1.29 is 8.42 Å². The van der Waals surface area contributed by atoms with E-state index in [9.17, 15) is 13.2 Å². The molecular formula is C13H17ClN4O3S. The van der Waals surface area contributed by atoms with E-state index >= 15 is 0 Å². The van der Waals surface area contributed by atoms with E-state index in [1.165, 1.54) is 28.9 Å². The Balaban J connectivity index is 2.16. The van der Waals surface area contributed by atoms with Crippen molar-refractivity contribution >= 4 is 19.7 Å². The van der Waals surface area contributed by atoms with Gasteiger partial charge in [0.05, 0.1) is 10.6 Å². The summed E-state index contributed by atoms with van der Waals surface area (Å²) in [6.45, 7) is 2.64. The van der Waals surface area contributed by atoms with E-state index < -0.39 is 9.05 Å². The van der Waals surface area contributed by atoms with Crippen LogP contribution in [0.3, 0.4) is 0 Å². The van der Waals surface area contributed by atoms with E-state index in [0.29, 0.717) is 12.2 Å². The molecule has 7 nitrogen and oxygen atoms in total. The summed E-state index contributed by atoms with van der Waals surface area (Å²) in [4.78, 5) is 12.1. The molecule has 0 N–H and O–H groups in total. The molecule has 0 aliphatic rings. The van der Waals surface area contributed by atoms with Crippen LogP contribution in [0.2, 0.25) is 0 Å². The maximum atomic E-state index is 12.2. The topological polar surface area (TPSA) is 86.8 Å². The monoisotopic (exact) mass is 344 g/mol. The Morgan fingerprint density at radius 1 is 1.09 bits per heavy atom. The van der Waals surface area contributed by atoms with Gasteiger partial charge in [-0.05, 0) is 41.1 Å². The zero-order valence-electron chi connectivity index (χ0n) is 12.1. The second kappa shape index (κ2) is 7.06. The van der Waals surface area contributed by atoms with E-state index in [1.807, 2.05) is 0 Å². The van der Waals surface area contributed by atoms with Crippen LogP contribution < -0.4 is 5.69 Å². The quantitative estimate of drug-likeness (QED) is 0.566. The van der Waals surface area contributed by atoms with Crippen LogP contribution in [0, 0.1) is 0 Å². The molecule has 1 aromatic carbocycles. The van der Waals surface area contributed by atoms with Gasteiger partial charge in [-0.1, -0.05) is 26.2 Å². The molecule has 1 heterocycles. The van der Waals surface area contributed by atoms with Gasteiger partial charge in [0, 0.05) is 17.2 Å². The lowest BCUT2D eigenvalue weighted by molar-refractivity contribution is 0.517. The smallest absolute Gasteiger partial charge is 0.244 e. The lowest BCUT2D eigenvalue weighted by Crippen LogP contribution is -2.24. The second-order valence-corrected chi connectivity index (χ2v) is 7.45. The summed E-state index contributed by atoms with van der Waals surface area (Å²) in [7, 11) is 1.47. The average molecular weight is 345 g/mol. The Morgan fingerprint density at radius 3 is 2.36 bits per heavy atom. The average Bonchev–Trinajstić information content (AvgIpc) is 2.84. The molecule has 9 heteroatoms. The van der Waals surface area contributed by atoms with Gasteiger partial charge in [0.1, 0.15) is 0 Å². The van der Waals surface area contributed by atoms with Crippen LogP contribution in [-0.4, -0.2) is 28.2 Å². The molecule has 0 bridgehead atoms. The van der Waals surface area contributed by atoms with E-state index in [1.54, 1.807) is 0 Å². The van der Waals surface area contributed by atoms with Gasteiger partial charge in [-0.2, -0.15) is 9.36 Å². The molecule has 0 aliphatic carbocycles. The molecule has 0 saturated heterocycles. The Morgan fingerprint density at radius 2 is 1.77 bits per heavy atom. The minimum absolute atomic E-state index is 0.0297. The van der Waals surface area contributed by atoms with Crippen molar-refractivity contribution in [1.82, 2.24) is 19.8 Å². The van der Waals surface area contributed by atoms with Crippen LogP contribution in [0.15, 0.2) is 34.0 Å². The van der Waals surface area contributed by atoms with Crippen molar-refractivity contribution in [2.24, 2.45) is 0 Å². The minimum Gasteiger partial charge on any atom is -0.244 e. The summed E-state index contributed by atoms with van der Waals surface area (Å²) in [5.41, 5.74) is 0.0897. The third-order valence-electron chi connectivity index (χ3n) is 3.23. The van der Waals surface area contributed by atoms with Crippen molar-refractivity contribution in [3.05, 3.63) is 34.7 Å². The van der Waals surface area contributed by atoms with Crippen molar-refractivity contribution in [2.75, 3.05) is 0 Å². The van der Waals surface area contributed by atoms with Crippen LogP contribution in [0.5, 0.6) is 0 Å². The van der Waals surface area contributed by atoms with Crippen molar-refractivity contribution in [1.29, 1.82) is 0 Å². The molecule has 0 spiro atoms. The summed E-state index contributed by atoms with van der Waals surface area (Å²) in [5.74, 6) is 0. The highest BCUT2D eigenvalue weighted by atomic mass is 35.7. The van der Waals surface area contributed by atoms with Gasteiger partial charge in [-0.15, -0.1) is 0 Å². The SMILES string of the molecule is CCCCCCn1nnn(-c2ccc(S(=O)(=O)Cl)cc2)c1=O. The molecule has 0 atom stereocenters. The van der Waals surface area contributed by atoms with Crippen LogP contribution in [0.25, 0.3) is 5.69 Å². The first-order chi connectivity index (χ1) is 10.4. The third kappa shape index (κ3) is 3.95. The molecule has 120 valence electrons. The first kappa shape index (κ1) is 16.7. The van der Waals surface area contributed by atoms with E-state index in [0.717, 1.165) is 30.4 Å². The summed E-state index contributed by atoms with van der Waals surface area (Å²) in [6.07, 6.45) is 4.16. The molecule has 2 aromatic rings. The lowest BCUT2D eigenvalue weighted by atomic mass is 10.2. The Kier molecular flexibility index (Phi) is 5.36. The molecule has 0 amide bonds. The largest absolute Gasteiger partial charge is 0.368 e.